The van der Waals surface area contributed by atoms with E-state index in [1.807, 2.05) is 0 Å². The lowest BCUT2D eigenvalue weighted by molar-refractivity contribution is 0.0579. The van der Waals surface area contributed by atoms with E-state index in [9.17, 15) is 0 Å². The van der Waals surface area contributed by atoms with E-state index in [1.165, 1.54) is 19.3 Å². The van der Waals surface area contributed by atoms with Gasteiger partial charge in [-0.05, 0) is 32.1 Å². The molecule has 0 heterocycles. The zero-order valence-electron chi connectivity index (χ0n) is 9.25. The molecule has 1 N–H and O–H groups in total. The molecule has 1 fully saturated rings. The smallest absolute Gasteiger partial charge is 0.0686 e. The fourth-order valence-electron chi connectivity index (χ4n) is 2.08. The third-order valence-corrected chi connectivity index (χ3v) is 3.01. The van der Waals surface area contributed by atoms with Crippen LogP contribution in [0, 0.1) is 12.3 Å². The van der Waals surface area contributed by atoms with Crippen LogP contribution in [-0.2, 0) is 4.74 Å². The van der Waals surface area contributed by atoms with Gasteiger partial charge in [0, 0.05) is 13.2 Å². The van der Waals surface area contributed by atoms with E-state index in [2.05, 4.69) is 18.2 Å². The molecule has 0 spiro atoms. The molecule has 3 atom stereocenters. The van der Waals surface area contributed by atoms with E-state index in [4.69, 9.17) is 11.2 Å². The molecular weight excluding hydrogens is 174 g/mol. The van der Waals surface area contributed by atoms with Gasteiger partial charge in [-0.2, -0.15) is 0 Å². The Kier molecular flexibility index (Phi) is 5.00. The van der Waals surface area contributed by atoms with Gasteiger partial charge in [0.05, 0.1) is 12.1 Å². The zero-order valence-corrected chi connectivity index (χ0v) is 9.25. The second kappa shape index (κ2) is 6.06. The number of nitrogens with one attached hydrogen (secondary N) is 1. The van der Waals surface area contributed by atoms with Crippen LogP contribution in [0.25, 0.3) is 0 Å². The molecule has 1 rings (SSSR count). The standard InChI is InChI=1S/C12H21NO/c1-4-10(5-2)13-11-7-6-8-12(9-11)14-3/h1,10-13H,5-9H2,2-3H3. The Hall–Kier alpha value is -0.520. The zero-order chi connectivity index (χ0) is 10.4. The molecule has 0 aromatic carbocycles. The van der Waals surface area contributed by atoms with Crippen molar-refractivity contribution in [3.8, 4) is 12.3 Å². The minimum atomic E-state index is 0.232. The van der Waals surface area contributed by atoms with Gasteiger partial charge in [-0.3, -0.25) is 0 Å². The highest BCUT2D eigenvalue weighted by Crippen LogP contribution is 2.21. The van der Waals surface area contributed by atoms with Crippen molar-refractivity contribution in [3.63, 3.8) is 0 Å². The van der Waals surface area contributed by atoms with Crippen LogP contribution in [0.5, 0.6) is 0 Å². The fraction of sp³-hybridized carbons (Fsp3) is 0.833. The van der Waals surface area contributed by atoms with Crippen LogP contribution in [0.15, 0.2) is 0 Å². The van der Waals surface area contributed by atoms with Crippen molar-refractivity contribution in [3.05, 3.63) is 0 Å². The fourth-order valence-corrected chi connectivity index (χ4v) is 2.08. The van der Waals surface area contributed by atoms with E-state index in [0.29, 0.717) is 12.1 Å². The number of ether oxygens (including phenoxy) is 1. The summed E-state index contributed by atoms with van der Waals surface area (Å²) in [6.45, 7) is 2.12. The highest BCUT2D eigenvalue weighted by Gasteiger charge is 2.22. The Morgan fingerprint density at radius 3 is 2.93 bits per heavy atom. The van der Waals surface area contributed by atoms with Crippen LogP contribution < -0.4 is 5.32 Å². The Morgan fingerprint density at radius 1 is 1.57 bits per heavy atom. The molecule has 0 saturated heterocycles. The first kappa shape index (κ1) is 11.6. The molecular formula is C12H21NO. The van der Waals surface area contributed by atoms with Crippen LogP contribution >= 0.6 is 0 Å². The summed E-state index contributed by atoms with van der Waals surface area (Å²) >= 11 is 0. The van der Waals surface area contributed by atoms with E-state index in [0.717, 1.165) is 12.8 Å². The molecule has 0 amide bonds. The van der Waals surface area contributed by atoms with Gasteiger partial charge in [0.25, 0.3) is 0 Å². The van der Waals surface area contributed by atoms with E-state index in [-0.39, 0.29) is 6.04 Å². The van der Waals surface area contributed by atoms with Crippen molar-refractivity contribution >= 4 is 0 Å². The first-order valence-corrected chi connectivity index (χ1v) is 5.55. The predicted octanol–water partition coefficient (Wildman–Crippen LogP) is 1.95. The quantitative estimate of drug-likeness (QED) is 0.692. The number of terminal acetylenes is 1. The van der Waals surface area contributed by atoms with Gasteiger partial charge in [-0.15, -0.1) is 6.42 Å². The second-order valence-corrected chi connectivity index (χ2v) is 4.02. The van der Waals surface area contributed by atoms with Gasteiger partial charge in [-0.25, -0.2) is 0 Å². The van der Waals surface area contributed by atoms with Crippen molar-refractivity contribution in [1.29, 1.82) is 0 Å². The summed E-state index contributed by atoms with van der Waals surface area (Å²) in [4.78, 5) is 0. The Labute approximate surface area is 87.4 Å². The number of rotatable bonds is 4. The molecule has 2 heteroatoms. The molecule has 0 radical (unpaired) electrons. The SMILES string of the molecule is C#CC(CC)NC1CCCC(OC)C1. The normalized spacial score (nSPS) is 29.5. The molecule has 80 valence electrons. The van der Waals surface area contributed by atoms with Gasteiger partial charge < -0.3 is 10.1 Å². The van der Waals surface area contributed by atoms with E-state index >= 15 is 0 Å². The van der Waals surface area contributed by atoms with Gasteiger partial charge in [0.15, 0.2) is 0 Å². The van der Waals surface area contributed by atoms with Gasteiger partial charge in [0.2, 0.25) is 0 Å². The number of hydrogen-bond donors (Lipinski definition) is 1. The molecule has 14 heavy (non-hydrogen) atoms. The maximum absolute atomic E-state index is 5.42. The summed E-state index contributed by atoms with van der Waals surface area (Å²) < 4.78 is 5.38. The number of hydrogen-bond acceptors (Lipinski definition) is 2. The summed E-state index contributed by atoms with van der Waals surface area (Å²) in [6.07, 6.45) is 11.6. The lowest BCUT2D eigenvalue weighted by atomic mass is 9.92. The van der Waals surface area contributed by atoms with Crippen molar-refractivity contribution in [2.45, 2.75) is 57.2 Å². The predicted molar refractivity (Wildman–Crippen MR) is 59.1 cm³/mol. The molecule has 0 aromatic rings. The highest BCUT2D eigenvalue weighted by atomic mass is 16.5. The van der Waals surface area contributed by atoms with Crippen LogP contribution in [0.2, 0.25) is 0 Å². The molecule has 0 bridgehead atoms. The minimum absolute atomic E-state index is 0.232. The Bertz CT molecular complexity index is 197. The monoisotopic (exact) mass is 195 g/mol. The van der Waals surface area contributed by atoms with Crippen LogP contribution in [0.4, 0.5) is 0 Å². The minimum Gasteiger partial charge on any atom is -0.381 e. The molecule has 2 nitrogen and oxygen atoms in total. The maximum Gasteiger partial charge on any atom is 0.0686 e. The summed E-state index contributed by atoms with van der Waals surface area (Å²) in [5.74, 6) is 2.78. The largest absolute Gasteiger partial charge is 0.381 e. The lowest BCUT2D eigenvalue weighted by Crippen LogP contribution is -2.41. The Balaban J connectivity index is 2.33. The van der Waals surface area contributed by atoms with Crippen molar-refractivity contribution in [2.75, 3.05) is 7.11 Å². The average molecular weight is 195 g/mol. The molecule has 3 unspecified atom stereocenters. The lowest BCUT2D eigenvalue weighted by Gasteiger charge is -2.30. The molecule has 1 saturated carbocycles. The topological polar surface area (TPSA) is 21.3 Å². The molecule has 1 aliphatic rings. The van der Waals surface area contributed by atoms with E-state index in [1.54, 1.807) is 7.11 Å². The summed E-state index contributed by atoms with van der Waals surface area (Å²) in [7, 11) is 1.80. The first-order valence-electron chi connectivity index (χ1n) is 5.55. The summed E-state index contributed by atoms with van der Waals surface area (Å²) in [5.41, 5.74) is 0. The Morgan fingerprint density at radius 2 is 2.36 bits per heavy atom. The van der Waals surface area contributed by atoms with E-state index < -0.39 is 0 Å². The molecule has 0 aliphatic heterocycles. The maximum atomic E-state index is 5.42. The third kappa shape index (κ3) is 3.32. The van der Waals surface area contributed by atoms with Gasteiger partial charge in [-0.1, -0.05) is 12.8 Å². The second-order valence-electron chi connectivity index (χ2n) is 4.02. The van der Waals surface area contributed by atoms with Crippen molar-refractivity contribution < 1.29 is 4.74 Å². The van der Waals surface area contributed by atoms with Crippen LogP contribution in [0.1, 0.15) is 39.0 Å². The van der Waals surface area contributed by atoms with Crippen molar-refractivity contribution in [2.24, 2.45) is 0 Å². The average Bonchev–Trinajstić information content (AvgIpc) is 2.26. The third-order valence-electron chi connectivity index (χ3n) is 3.01. The first-order chi connectivity index (χ1) is 6.80. The van der Waals surface area contributed by atoms with Gasteiger partial charge >= 0.3 is 0 Å². The highest BCUT2D eigenvalue weighted by molar-refractivity contribution is 4.99. The van der Waals surface area contributed by atoms with Gasteiger partial charge in [0.1, 0.15) is 0 Å². The summed E-state index contributed by atoms with van der Waals surface area (Å²) in [5, 5.41) is 3.50. The van der Waals surface area contributed by atoms with Crippen LogP contribution in [-0.4, -0.2) is 25.3 Å². The summed E-state index contributed by atoms with van der Waals surface area (Å²) in [6, 6.07) is 0.783. The van der Waals surface area contributed by atoms with Crippen molar-refractivity contribution in [1.82, 2.24) is 5.32 Å². The van der Waals surface area contributed by atoms with Crippen LogP contribution in [0.3, 0.4) is 0 Å². The number of methoxy groups -OCH3 is 1. The molecule has 0 aromatic heterocycles. The molecule has 1 aliphatic carbocycles.